The molecule has 0 atom stereocenters. The largest absolute Gasteiger partial charge is 0.460 e. The minimum Gasteiger partial charge on any atom is -0.460 e. The highest BCUT2D eigenvalue weighted by Crippen LogP contribution is 2.09. The molecule has 1 aromatic carbocycles. The standard InChI is InChI=1S/C12H14NO2/c14-12(9-13-7-4-8-13)15-10-11-5-2-1-3-6-11/h1-3,5-6,9H,4,7-8,10H2. The van der Waals surface area contributed by atoms with E-state index in [2.05, 4.69) is 0 Å². The number of ether oxygens (including phenoxy) is 1. The monoisotopic (exact) mass is 204 g/mol. The van der Waals surface area contributed by atoms with Crippen LogP contribution in [0.5, 0.6) is 0 Å². The zero-order valence-corrected chi connectivity index (χ0v) is 8.56. The first-order valence-electron chi connectivity index (χ1n) is 5.14. The molecule has 1 aliphatic rings. The molecule has 0 N–H and O–H groups in total. The average Bonchev–Trinajstić information content (AvgIpc) is 2.22. The van der Waals surface area contributed by atoms with Crippen LogP contribution in [-0.4, -0.2) is 24.0 Å². The van der Waals surface area contributed by atoms with Crippen LogP contribution in [0.3, 0.4) is 0 Å². The lowest BCUT2D eigenvalue weighted by Gasteiger charge is -2.28. The minimum atomic E-state index is -0.251. The summed E-state index contributed by atoms with van der Waals surface area (Å²) < 4.78 is 5.10. The summed E-state index contributed by atoms with van der Waals surface area (Å²) in [5.41, 5.74) is 1.02. The van der Waals surface area contributed by atoms with Crippen molar-refractivity contribution < 1.29 is 9.53 Å². The predicted molar refractivity (Wildman–Crippen MR) is 56.7 cm³/mol. The molecule has 1 fully saturated rings. The number of hydrogen-bond acceptors (Lipinski definition) is 3. The third-order valence-electron chi connectivity index (χ3n) is 2.40. The van der Waals surface area contributed by atoms with E-state index in [9.17, 15) is 4.79 Å². The van der Waals surface area contributed by atoms with Crippen LogP contribution in [0.15, 0.2) is 30.3 Å². The van der Waals surface area contributed by atoms with E-state index in [1.165, 1.54) is 6.42 Å². The fourth-order valence-corrected chi connectivity index (χ4v) is 1.38. The average molecular weight is 204 g/mol. The lowest BCUT2D eigenvalue weighted by atomic mass is 10.2. The van der Waals surface area contributed by atoms with Crippen molar-refractivity contribution in [3.63, 3.8) is 0 Å². The Morgan fingerprint density at radius 1 is 1.33 bits per heavy atom. The summed E-state index contributed by atoms with van der Waals surface area (Å²) >= 11 is 0. The zero-order valence-electron chi connectivity index (χ0n) is 8.56. The molecule has 3 nitrogen and oxygen atoms in total. The van der Waals surface area contributed by atoms with Crippen molar-refractivity contribution in [1.29, 1.82) is 0 Å². The molecule has 1 aromatic rings. The number of benzene rings is 1. The molecule has 0 saturated carbocycles. The highest BCUT2D eigenvalue weighted by Gasteiger charge is 2.18. The topological polar surface area (TPSA) is 29.5 Å². The fraction of sp³-hybridized carbons (Fsp3) is 0.333. The van der Waals surface area contributed by atoms with Gasteiger partial charge in [0.25, 0.3) is 0 Å². The van der Waals surface area contributed by atoms with Gasteiger partial charge in [0.15, 0.2) is 0 Å². The summed E-state index contributed by atoms with van der Waals surface area (Å²) in [7, 11) is 0. The molecule has 15 heavy (non-hydrogen) atoms. The molecule has 1 radical (unpaired) electrons. The number of likely N-dealkylation sites (tertiary alicyclic amines) is 1. The maximum Gasteiger partial charge on any atom is 0.325 e. The molecule has 1 heterocycles. The van der Waals surface area contributed by atoms with Gasteiger partial charge in [0.1, 0.15) is 13.2 Å². The first-order chi connectivity index (χ1) is 7.34. The molecule has 79 valence electrons. The van der Waals surface area contributed by atoms with Crippen molar-refractivity contribution in [3.8, 4) is 0 Å². The lowest BCUT2D eigenvalue weighted by molar-refractivity contribution is -0.143. The molecular weight excluding hydrogens is 190 g/mol. The van der Waals surface area contributed by atoms with Gasteiger partial charge in [-0.25, -0.2) is 0 Å². The number of carbonyl (C=O) groups is 1. The quantitative estimate of drug-likeness (QED) is 0.698. The van der Waals surface area contributed by atoms with Gasteiger partial charge in [0.05, 0.1) is 0 Å². The first-order valence-corrected chi connectivity index (χ1v) is 5.14. The van der Waals surface area contributed by atoms with Gasteiger partial charge in [0, 0.05) is 13.1 Å². The van der Waals surface area contributed by atoms with Gasteiger partial charge in [-0.3, -0.25) is 9.69 Å². The van der Waals surface area contributed by atoms with E-state index in [1.54, 1.807) is 6.54 Å². The zero-order chi connectivity index (χ0) is 10.5. The highest BCUT2D eigenvalue weighted by molar-refractivity contribution is 5.78. The van der Waals surface area contributed by atoms with Crippen LogP contribution >= 0.6 is 0 Å². The lowest BCUT2D eigenvalue weighted by Crippen LogP contribution is -2.37. The Morgan fingerprint density at radius 3 is 2.67 bits per heavy atom. The van der Waals surface area contributed by atoms with Crippen molar-refractivity contribution in [2.45, 2.75) is 13.0 Å². The Kier molecular flexibility index (Phi) is 3.35. The summed E-state index contributed by atoms with van der Waals surface area (Å²) in [6, 6.07) is 9.69. The van der Waals surface area contributed by atoms with Crippen molar-refractivity contribution in [1.82, 2.24) is 4.90 Å². The third-order valence-corrected chi connectivity index (χ3v) is 2.40. The first kappa shape index (κ1) is 10.2. The normalized spacial score (nSPS) is 15.7. The molecule has 1 aliphatic heterocycles. The van der Waals surface area contributed by atoms with E-state index in [1.807, 2.05) is 35.2 Å². The van der Waals surface area contributed by atoms with Crippen LogP contribution in [0.1, 0.15) is 12.0 Å². The number of rotatable bonds is 4. The maximum atomic E-state index is 11.3. The maximum absolute atomic E-state index is 11.3. The molecule has 0 amide bonds. The molecule has 0 aromatic heterocycles. The highest BCUT2D eigenvalue weighted by atomic mass is 16.5. The Labute approximate surface area is 89.7 Å². The summed E-state index contributed by atoms with van der Waals surface area (Å²) in [5, 5.41) is 0. The summed E-state index contributed by atoms with van der Waals surface area (Å²) in [4.78, 5) is 13.3. The Morgan fingerprint density at radius 2 is 2.07 bits per heavy atom. The van der Waals surface area contributed by atoms with Gasteiger partial charge >= 0.3 is 5.97 Å². The van der Waals surface area contributed by atoms with Gasteiger partial charge in [0.2, 0.25) is 0 Å². The number of carbonyl (C=O) groups excluding carboxylic acids is 1. The van der Waals surface area contributed by atoms with Crippen LogP contribution in [-0.2, 0) is 16.1 Å². The third kappa shape index (κ3) is 3.06. The molecule has 0 spiro atoms. The van der Waals surface area contributed by atoms with E-state index in [-0.39, 0.29) is 5.97 Å². The van der Waals surface area contributed by atoms with Crippen LogP contribution in [0, 0.1) is 6.54 Å². The van der Waals surface area contributed by atoms with E-state index >= 15 is 0 Å². The van der Waals surface area contributed by atoms with Crippen LogP contribution in [0.2, 0.25) is 0 Å². The van der Waals surface area contributed by atoms with Crippen molar-refractivity contribution in [3.05, 3.63) is 42.4 Å². The Bertz CT molecular complexity index is 320. The number of nitrogens with zero attached hydrogens (tertiary/aromatic N) is 1. The Hall–Kier alpha value is -1.35. The molecule has 3 heteroatoms. The van der Waals surface area contributed by atoms with Gasteiger partial charge in [-0.15, -0.1) is 0 Å². The summed E-state index contributed by atoms with van der Waals surface area (Å²) in [6.45, 7) is 3.84. The smallest absolute Gasteiger partial charge is 0.325 e. The van der Waals surface area contributed by atoms with Crippen LogP contribution in [0.25, 0.3) is 0 Å². The van der Waals surface area contributed by atoms with Crippen molar-refractivity contribution in [2.75, 3.05) is 13.1 Å². The minimum absolute atomic E-state index is 0.251. The molecule has 0 aliphatic carbocycles. The summed E-state index contributed by atoms with van der Waals surface area (Å²) in [6.07, 6.45) is 1.17. The summed E-state index contributed by atoms with van der Waals surface area (Å²) in [5.74, 6) is -0.251. The van der Waals surface area contributed by atoms with Crippen LogP contribution < -0.4 is 0 Å². The van der Waals surface area contributed by atoms with Gasteiger partial charge in [-0.1, -0.05) is 30.3 Å². The molecule has 1 saturated heterocycles. The number of esters is 1. The van der Waals surface area contributed by atoms with E-state index < -0.39 is 0 Å². The van der Waals surface area contributed by atoms with Gasteiger partial charge in [-0.2, -0.15) is 0 Å². The second-order valence-corrected chi connectivity index (χ2v) is 3.61. The Balaban J connectivity index is 1.71. The second-order valence-electron chi connectivity index (χ2n) is 3.61. The van der Waals surface area contributed by atoms with Gasteiger partial charge < -0.3 is 4.74 Å². The molecule has 2 rings (SSSR count). The van der Waals surface area contributed by atoms with Crippen molar-refractivity contribution in [2.24, 2.45) is 0 Å². The van der Waals surface area contributed by atoms with E-state index in [0.717, 1.165) is 18.7 Å². The van der Waals surface area contributed by atoms with E-state index in [0.29, 0.717) is 6.61 Å². The SMILES string of the molecule is O=C([CH]N1CCC1)OCc1ccccc1. The molecule has 0 bridgehead atoms. The van der Waals surface area contributed by atoms with Crippen molar-refractivity contribution >= 4 is 5.97 Å². The fourth-order valence-electron chi connectivity index (χ4n) is 1.38. The van der Waals surface area contributed by atoms with Crippen LogP contribution in [0.4, 0.5) is 0 Å². The molecular formula is C12H14NO2. The second kappa shape index (κ2) is 4.94. The van der Waals surface area contributed by atoms with E-state index in [4.69, 9.17) is 4.74 Å². The number of hydrogen-bond donors (Lipinski definition) is 0. The predicted octanol–water partition coefficient (Wildman–Crippen LogP) is 1.60. The van der Waals surface area contributed by atoms with Gasteiger partial charge in [-0.05, 0) is 12.0 Å². The molecule has 0 unspecified atom stereocenters.